The van der Waals surface area contributed by atoms with Crippen molar-refractivity contribution in [3.63, 3.8) is 0 Å². The molecule has 0 aliphatic carbocycles. The molecule has 0 radical (unpaired) electrons. The van der Waals surface area contributed by atoms with Crippen molar-refractivity contribution in [3.05, 3.63) is 0 Å². The lowest BCUT2D eigenvalue weighted by Gasteiger charge is -2.30. The summed E-state index contributed by atoms with van der Waals surface area (Å²) in [5, 5.41) is 0. The van der Waals surface area contributed by atoms with Gasteiger partial charge in [0.2, 0.25) is 5.96 Å². The number of carbonyl (C=O) groups is 1. The van der Waals surface area contributed by atoms with Gasteiger partial charge in [-0.25, -0.2) is 0 Å². The molecular weight excluding hydrogens is 180 g/mol. The average molecular weight is 196 g/mol. The number of guanidine groups is 1. The van der Waals surface area contributed by atoms with Gasteiger partial charge in [0.05, 0.1) is 0 Å². The number of aliphatic imine (C=N–C) groups is 2. The van der Waals surface area contributed by atoms with E-state index in [-0.39, 0.29) is 11.9 Å². The molecule has 78 valence electrons. The first kappa shape index (κ1) is 10.7. The summed E-state index contributed by atoms with van der Waals surface area (Å²) >= 11 is 0. The van der Waals surface area contributed by atoms with E-state index >= 15 is 0 Å². The molecule has 1 amide bonds. The smallest absolute Gasteiger partial charge is 0.262 e. The Bertz CT molecular complexity index is 308. The van der Waals surface area contributed by atoms with Gasteiger partial charge in [0.25, 0.3) is 5.91 Å². The Balaban J connectivity index is 3.09. The Morgan fingerprint density at radius 2 is 1.93 bits per heavy atom. The maximum atomic E-state index is 11.7. The Labute approximate surface area is 83.3 Å². The molecule has 0 fully saturated rings. The predicted molar refractivity (Wildman–Crippen MR) is 55.9 cm³/mol. The second-order valence-electron chi connectivity index (χ2n) is 3.46. The molecule has 0 aromatic heterocycles. The van der Waals surface area contributed by atoms with Gasteiger partial charge in [-0.1, -0.05) is 20.3 Å². The zero-order chi connectivity index (χ0) is 10.8. The zero-order valence-electron chi connectivity index (χ0n) is 8.58. The molecule has 1 aliphatic heterocycles. The van der Waals surface area contributed by atoms with Crippen molar-refractivity contribution in [2.75, 3.05) is 0 Å². The maximum absolute atomic E-state index is 11.7. The van der Waals surface area contributed by atoms with E-state index < -0.39 is 5.41 Å². The number of carbonyl (C=O) groups excluding carboxylic acids is 1. The van der Waals surface area contributed by atoms with Gasteiger partial charge < -0.3 is 11.5 Å². The summed E-state index contributed by atoms with van der Waals surface area (Å²) in [6.07, 6.45) is 2.16. The lowest BCUT2D eigenvalue weighted by molar-refractivity contribution is -0.124. The van der Waals surface area contributed by atoms with Crippen LogP contribution in [0.3, 0.4) is 0 Å². The van der Waals surface area contributed by atoms with Crippen LogP contribution < -0.4 is 11.5 Å². The fourth-order valence-corrected chi connectivity index (χ4v) is 1.75. The van der Waals surface area contributed by atoms with E-state index in [2.05, 4.69) is 9.98 Å². The van der Waals surface area contributed by atoms with Crippen LogP contribution in [0.15, 0.2) is 9.98 Å². The second-order valence-corrected chi connectivity index (χ2v) is 3.46. The van der Waals surface area contributed by atoms with E-state index in [1.165, 1.54) is 0 Å². The molecule has 1 aliphatic rings. The Morgan fingerprint density at radius 3 is 2.36 bits per heavy atom. The fourth-order valence-electron chi connectivity index (χ4n) is 1.75. The highest BCUT2D eigenvalue weighted by molar-refractivity contribution is 6.17. The summed E-state index contributed by atoms with van der Waals surface area (Å²) in [4.78, 5) is 19.3. The van der Waals surface area contributed by atoms with Crippen LogP contribution in [0, 0.1) is 5.41 Å². The number of hydrogen-bond acceptors (Lipinski definition) is 4. The van der Waals surface area contributed by atoms with Crippen molar-refractivity contribution in [2.24, 2.45) is 26.9 Å². The molecule has 1 heterocycles. The minimum Gasteiger partial charge on any atom is -0.386 e. The van der Waals surface area contributed by atoms with E-state index in [0.29, 0.717) is 18.7 Å². The molecule has 1 atom stereocenters. The van der Waals surface area contributed by atoms with Crippen molar-refractivity contribution >= 4 is 17.7 Å². The van der Waals surface area contributed by atoms with Gasteiger partial charge in [-0.05, 0) is 12.8 Å². The minimum absolute atomic E-state index is 0.0346. The fraction of sp³-hybridized carbons (Fsp3) is 0.667. The molecule has 1 rings (SSSR count). The first-order chi connectivity index (χ1) is 6.56. The zero-order valence-corrected chi connectivity index (χ0v) is 8.58. The SMILES string of the molecule is CCCC1(CC)C(=O)N=C(N)N=C1N. The number of amides is 1. The normalized spacial score (nSPS) is 27.1. The Kier molecular flexibility index (Phi) is 2.88. The van der Waals surface area contributed by atoms with Gasteiger partial charge in [0.15, 0.2) is 0 Å². The van der Waals surface area contributed by atoms with Crippen LogP contribution in [0.4, 0.5) is 0 Å². The third-order valence-corrected chi connectivity index (χ3v) is 2.63. The molecule has 5 nitrogen and oxygen atoms in total. The molecule has 0 spiro atoms. The van der Waals surface area contributed by atoms with Crippen molar-refractivity contribution in [3.8, 4) is 0 Å². The van der Waals surface area contributed by atoms with Gasteiger partial charge in [0, 0.05) is 0 Å². The van der Waals surface area contributed by atoms with Gasteiger partial charge >= 0.3 is 0 Å². The van der Waals surface area contributed by atoms with Crippen molar-refractivity contribution in [2.45, 2.75) is 33.1 Å². The van der Waals surface area contributed by atoms with Crippen molar-refractivity contribution in [1.29, 1.82) is 0 Å². The Hall–Kier alpha value is -1.39. The molecule has 0 aromatic carbocycles. The van der Waals surface area contributed by atoms with Gasteiger partial charge in [-0.15, -0.1) is 0 Å². The lowest BCUT2D eigenvalue weighted by atomic mass is 9.78. The van der Waals surface area contributed by atoms with Crippen LogP contribution in [-0.2, 0) is 4.79 Å². The summed E-state index contributed by atoms with van der Waals surface area (Å²) in [7, 11) is 0. The quantitative estimate of drug-likeness (QED) is 0.683. The molecular formula is C9H16N4O. The van der Waals surface area contributed by atoms with Gasteiger partial charge in [0.1, 0.15) is 11.3 Å². The van der Waals surface area contributed by atoms with Crippen LogP contribution in [-0.4, -0.2) is 17.7 Å². The summed E-state index contributed by atoms with van der Waals surface area (Å²) in [5.74, 6) is 0.0129. The second kappa shape index (κ2) is 3.77. The highest BCUT2D eigenvalue weighted by Gasteiger charge is 2.42. The first-order valence-corrected chi connectivity index (χ1v) is 4.80. The van der Waals surface area contributed by atoms with Crippen LogP contribution in [0.5, 0.6) is 0 Å². The number of amidine groups is 1. The molecule has 4 N–H and O–H groups in total. The largest absolute Gasteiger partial charge is 0.386 e. The van der Waals surface area contributed by atoms with E-state index in [0.717, 1.165) is 6.42 Å². The first-order valence-electron chi connectivity index (χ1n) is 4.80. The molecule has 1 unspecified atom stereocenters. The van der Waals surface area contributed by atoms with Crippen LogP contribution in [0.2, 0.25) is 0 Å². The lowest BCUT2D eigenvalue weighted by Crippen LogP contribution is -2.47. The monoisotopic (exact) mass is 196 g/mol. The molecule has 14 heavy (non-hydrogen) atoms. The summed E-state index contributed by atoms with van der Waals surface area (Å²) in [5.41, 5.74) is 10.4. The highest BCUT2D eigenvalue weighted by atomic mass is 16.1. The number of hydrogen-bond donors (Lipinski definition) is 2. The van der Waals surface area contributed by atoms with E-state index in [1.54, 1.807) is 0 Å². The third kappa shape index (κ3) is 1.49. The number of rotatable bonds is 3. The topological polar surface area (TPSA) is 93.8 Å². The number of nitrogens with zero attached hydrogens (tertiary/aromatic N) is 2. The van der Waals surface area contributed by atoms with Crippen molar-refractivity contribution in [1.82, 2.24) is 0 Å². The van der Waals surface area contributed by atoms with E-state index in [1.807, 2.05) is 13.8 Å². The molecule has 0 saturated carbocycles. The minimum atomic E-state index is -0.711. The summed E-state index contributed by atoms with van der Waals surface area (Å²) < 4.78 is 0. The molecule has 5 heteroatoms. The van der Waals surface area contributed by atoms with Gasteiger partial charge in [-0.3, -0.25) is 4.79 Å². The third-order valence-electron chi connectivity index (χ3n) is 2.63. The van der Waals surface area contributed by atoms with E-state index in [9.17, 15) is 4.79 Å². The molecule has 0 saturated heterocycles. The maximum Gasteiger partial charge on any atom is 0.262 e. The van der Waals surface area contributed by atoms with Crippen LogP contribution in [0.25, 0.3) is 0 Å². The standard InChI is InChI=1S/C9H16N4O/c1-3-5-9(4-2)6(10)12-8(11)13-7(9)14/h3-5H2,1-2H3,(H4,10,11,12,13,14). The van der Waals surface area contributed by atoms with Crippen molar-refractivity contribution < 1.29 is 4.79 Å². The molecule has 0 bridgehead atoms. The van der Waals surface area contributed by atoms with Gasteiger partial charge in [-0.2, -0.15) is 9.98 Å². The highest BCUT2D eigenvalue weighted by Crippen LogP contribution is 2.32. The average Bonchev–Trinajstić information content (AvgIpc) is 2.11. The summed E-state index contributed by atoms with van der Waals surface area (Å²) in [6, 6.07) is 0. The van der Waals surface area contributed by atoms with Crippen LogP contribution in [0.1, 0.15) is 33.1 Å². The summed E-state index contributed by atoms with van der Waals surface area (Å²) in [6.45, 7) is 3.91. The van der Waals surface area contributed by atoms with E-state index in [4.69, 9.17) is 11.5 Å². The van der Waals surface area contributed by atoms with Crippen LogP contribution >= 0.6 is 0 Å². The molecule has 0 aromatic rings. The predicted octanol–water partition coefficient (Wildman–Crippen LogP) is 0.395. The number of nitrogens with two attached hydrogens (primary N) is 2. The Morgan fingerprint density at radius 1 is 1.29 bits per heavy atom.